The maximum Gasteiger partial charge on any atom is 0.387 e. The van der Waals surface area contributed by atoms with Gasteiger partial charge < -0.3 is 14.6 Å². The molecule has 0 bridgehead atoms. The van der Waals surface area contributed by atoms with Crippen molar-refractivity contribution in [1.82, 2.24) is 9.88 Å². The van der Waals surface area contributed by atoms with Gasteiger partial charge in [-0.15, -0.1) is 0 Å². The molecule has 134 valence electrons. The molecule has 1 aromatic heterocycles. The first-order valence-corrected chi connectivity index (χ1v) is 8.17. The topological polar surface area (TPSA) is 43.3 Å². The van der Waals surface area contributed by atoms with Crippen molar-refractivity contribution >= 4 is 5.91 Å². The van der Waals surface area contributed by atoms with Crippen molar-refractivity contribution in [3.8, 4) is 11.4 Å². The summed E-state index contributed by atoms with van der Waals surface area (Å²) < 4.78 is 30.5. The standard InChI is InChI=1S/C20H18F2N2O2/c21-20(22)26-18-9-3-15(4-10-18)11-12-23-19(25)16-5-7-17(8-6-16)24-13-1-2-14-24/h1-10,13-14,20H,11-12H2,(H,23,25). The summed E-state index contributed by atoms with van der Waals surface area (Å²) >= 11 is 0. The van der Waals surface area contributed by atoms with Crippen LogP contribution in [0.25, 0.3) is 5.69 Å². The average molecular weight is 356 g/mol. The fraction of sp³-hybridized carbons (Fsp3) is 0.150. The number of rotatable bonds is 7. The molecule has 0 aliphatic carbocycles. The number of ether oxygens (including phenoxy) is 1. The summed E-state index contributed by atoms with van der Waals surface area (Å²) in [4.78, 5) is 12.2. The SMILES string of the molecule is O=C(NCCc1ccc(OC(F)F)cc1)c1ccc(-n2cccc2)cc1. The molecular weight excluding hydrogens is 338 g/mol. The van der Waals surface area contributed by atoms with Crippen molar-refractivity contribution in [3.05, 3.63) is 84.2 Å². The van der Waals surface area contributed by atoms with Crippen molar-refractivity contribution in [2.24, 2.45) is 0 Å². The van der Waals surface area contributed by atoms with Crippen LogP contribution in [0.4, 0.5) is 8.78 Å². The highest BCUT2D eigenvalue weighted by molar-refractivity contribution is 5.94. The number of nitrogens with zero attached hydrogens (tertiary/aromatic N) is 1. The van der Waals surface area contributed by atoms with Gasteiger partial charge in [0.1, 0.15) is 5.75 Å². The zero-order valence-corrected chi connectivity index (χ0v) is 13.9. The van der Waals surface area contributed by atoms with Crippen molar-refractivity contribution in [3.63, 3.8) is 0 Å². The van der Waals surface area contributed by atoms with Crippen LogP contribution >= 0.6 is 0 Å². The highest BCUT2D eigenvalue weighted by Gasteiger charge is 2.06. The Labute approximate surface area is 150 Å². The summed E-state index contributed by atoms with van der Waals surface area (Å²) in [6.45, 7) is -2.38. The van der Waals surface area contributed by atoms with Crippen LogP contribution in [0.1, 0.15) is 15.9 Å². The van der Waals surface area contributed by atoms with Crippen LogP contribution in [0.3, 0.4) is 0 Å². The molecule has 0 saturated carbocycles. The summed E-state index contributed by atoms with van der Waals surface area (Å²) in [5, 5.41) is 2.85. The molecule has 3 rings (SSSR count). The first kappa shape index (κ1) is 17.7. The average Bonchev–Trinajstić information content (AvgIpc) is 3.17. The molecule has 4 nitrogen and oxygen atoms in total. The molecule has 3 aromatic rings. The van der Waals surface area contributed by atoms with Gasteiger partial charge in [0.15, 0.2) is 0 Å². The first-order valence-electron chi connectivity index (χ1n) is 8.17. The molecule has 0 atom stereocenters. The third kappa shape index (κ3) is 4.69. The number of hydrogen-bond donors (Lipinski definition) is 1. The molecule has 0 aliphatic rings. The van der Waals surface area contributed by atoms with E-state index in [9.17, 15) is 13.6 Å². The quantitative estimate of drug-likeness (QED) is 0.694. The summed E-state index contributed by atoms with van der Waals surface area (Å²) in [5.74, 6) is -0.0303. The monoisotopic (exact) mass is 356 g/mol. The van der Waals surface area contributed by atoms with Crippen LogP contribution in [0, 0.1) is 0 Å². The Morgan fingerprint density at radius 3 is 2.27 bits per heavy atom. The molecular formula is C20H18F2N2O2. The second-order valence-corrected chi connectivity index (χ2v) is 5.67. The highest BCUT2D eigenvalue weighted by Crippen LogP contribution is 2.15. The summed E-state index contributed by atoms with van der Waals surface area (Å²) in [6, 6.07) is 17.6. The molecule has 0 saturated heterocycles. The predicted octanol–water partition coefficient (Wildman–Crippen LogP) is 4.05. The van der Waals surface area contributed by atoms with Gasteiger partial charge in [-0.25, -0.2) is 0 Å². The zero-order valence-electron chi connectivity index (χ0n) is 13.9. The number of hydrogen-bond acceptors (Lipinski definition) is 2. The Morgan fingerprint density at radius 1 is 1.00 bits per heavy atom. The maximum atomic E-state index is 12.2. The second kappa shape index (κ2) is 8.29. The second-order valence-electron chi connectivity index (χ2n) is 5.67. The minimum Gasteiger partial charge on any atom is -0.435 e. The van der Waals surface area contributed by atoms with E-state index in [2.05, 4.69) is 10.1 Å². The normalized spacial score (nSPS) is 10.7. The molecule has 1 N–H and O–H groups in total. The van der Waals surface area contributed by atoms with Crippen LogP contribution in [-0.4, -0.2) is 23.6 Å². The van der Waals surface area contributed by atoms with Crippen molar-refractivity contribution in [1.29, 1.82) is 0 Å². The lowest BCUT2D eigenvalue weighted by molar-refractivity contribution is -0.0498. The van der Waals surface area contributed by atoms with E-state index in [0.29, 0.717) is 18.5 Å². The van der Waals surface area contributed by atoms with Crippen LogP contribution in [-0.2, 0) is 6.42 Å². The Hall–Kier alpha value is -3.15. The first-order chi connectivity index (χ1) is 12.6. The molecule has 0 aliphatic heterocycles. The van der Waals surface area contributed by atoms with Crippen LogP contribution in [0.5, 0.6) is 5.75 Å². The van der Waals surface area contributed by atoms with Crippen LogP contribution < -0.4 is 10.1 Å². The molecule has 26 heavy (non-hydrogen) atoms. The lowest BCUT2D eigenvalue weighted by atomic mass is 10.1. The Balaban J connectivity index is 1.49. The number of nitrogens with one attached hydrogen (secondary N) is 1. The predicted molar refractivity (Wildman–Crippen MR) is 94.9 cm³/mol. The van der Waals surface area contributed by atoms with E-state index in [1.807, 2.05) is 41.2 Å². The minimum atomic E-state index is -2.83. The molecule has 2 aromatic carbocycles. The number of aromatic nitrogens is 1. The zero-order chi connectivity index (χ0) is 18.4. The van der Waals surface area contributed by atoms with Crippen molar-refractivity contribution in [2.75, 3.05) is 6.54 Å². The number of alkyl halides is 2. The number of carbonyl (C=O) groups is 1. The lowest BCUT2D eigenvalue weighted by Gasteiger charge is -2.08. The Bertz CT molecular complexity index is 829. The van der Waals surface area contributed by atoms with Gasteiger partial charge in [0.25, 0.3) is 5.91 Å². The Kier molecular flexibility index (Phi) is 5.63. The molecule has 6 heteroatoms. The van der Waals surface area contributed by atoms with E-state index < -0.39 is 6.61 Å². The van der Waals surface area contributed by atoms with Gasteiger partial charge in [-0.05, 0) is 60.5 Å². The number of halogens is 2. The van der Waals surface area contributed by atoms with Gasteiger partial charge in [0.2, 0.25) is 0 Å². The van der Waals surface area contributed by atoms with Gasteiger partial charge in [-0.1, -0.05) is 12.1 Å². The van der Waals surface area contributed by atoms with E-state index in [1.54, 1.807) is 24.3 Å². The van der Waals surface area contributed by atoms with Crippen molar-refractivity contribution in [2.45, 2.75) is 13.0 Å². The van der Waals surface area contributed by atoms with Crippen LogP contribution in [0.15, 0.2) is 73.1 Å². The van der Waals surface area contributed by atoms with Crippen molar-refractivity contribution < 1.29 is 18.3 Å². The largest absolute Gasteiger partial charge is 0.435 e. The summed E-state index contributed by atoms with van der Waals surface area (Å²) in [6.07, 6.45) is 4.47. The third-order valence-corrected chi connectivity index (χ3v) is 3.88. The number of amides is 1. The van der Waals surface area contributed by atoms with E-state index in [-0.39, 0.29) is 11.7 Å². The summed E-state index contributed by atoms with van der Waals surface area (Å²) in [5.41, 5.74) is 2.49. The number of benzene rings is 2. The number of carbonyl (C=O) groups excluding carboxylic acids is 1. The lowest BCUT2D eigenvalue weighted by Crippen LogP contribution is -2.25. The molecule has 1 amide bonds. The fourth-order valence-electron chi connectivity index (χ4n) is 2.55. The van der Waals surface area contributed by atoms with Gasteiger partial charge >= 0.3 is 6.61 Å². The van der Waals surface area contributed by atoms with Gasteiger partial charge in [-0.2, -0.15) is 8.78 Å². The van der Waals surface area contributed by atoms with E-state index >= 15 is 0 Å². The fourth-order valence-corrected chi connectivity index (χ4v) is 2.55. The summed E-state index contributed by atoms with van der Waals surface area (Å²) in [7, 11) is 0. The molecule has 0 spiro atoms. The Morgan fingerprint density at radius 2 is 1.65 bits per heavy atom. The van der Waals surface area contributed by atoms with E-state index in [0.717, 1.165) is 11.3 Å². The maximum absolute atomic E-state index is 12.2. The highest BCUT2D eigenvalue weighted by atomic mass is 19.3. The smallest absolute Gasteiger partial charge is 0.387 e. The third-order valence-electron chi connectivity index (χ3n) is 3.88. The molecule has 0 unspecified atom stereocenters. The minimum absolute atomic E-state index is 0.121. The van der Waals surface area contributed by atoms with Gasteiger partial charge in [0, 0.05) is 30.2 Å². The molecule has 0 radical (unpaired) electrons. The molecule has 0 fully saturated rings. The molecule has 1 heterocycles. The van der Waals surface area contributed by atoms with E-state index in [4.69, 9.17) is 0 Å². The van der Waals surface area contributed by atoms with E-state index in [1.165, 1.54) is 12.1 Å². The van der Waals surface area contributed by atoms with Crippen LogP contribution in [0.2, 0.25) is 0 Å². The van der Waals surface area contributed by atoms with Gasteiger partial charge in [-0.3, -0.25) is 4.79 Å². The van der Waals surface area contributed by atoms with Gasteiger partial charge in [0.05, 0.1) is 0 Å².